The van der Waals surface area contributed by atoms with Crippen LogP contribution in [0.25, 0.3) is 0 Å². The molecule has 0 radical (unpaired) electrons. The average molecular weight is 577 g/mol. The number of aryl methyl sites for hydroxylation is 1. The Morgan fingerprint density at radius 2 is 1.40 bits per heavy atom. The summed E-state index contributed by atoms with van der Waals surface area (Å²) in [5.74, 6) is 6.13. The van der Waals surface area contributed by atoms with Gasteiger partial charge in [-0.3, -0.25) is 9.78 Å². The van der Waals surface area contributed by atoms with Crippen LogP contribution in [-0.2, 0) is 15.9 Å². The zero-order chi connectivity index (χ0) is 29.8. The topological polar surface area (TPSA) is 73.3 Å². The van der Waals surface area contributed by atoms with E-state index in [1.165, 1.54) is 21.1 Å². The van der Waals surface area contributed by atoms with Gasteiger partial charge in [-0.1, -0.05) is 114 Å². The molecule has 6 nitrogen and oxygen atoms in total. The number of benzene rings is 2. The first-order valence-electron chi connectivity index (χ1n) is 13.8. The quantitative estimate of drug-likeness (QED) is 0.309. The van der Waals surface area contributed by atoms with Crippen LogP contribution in [0.4, 0.5) is 0 Å². The van der Waals surface area contributed by atoms with E-state index < -0.39 is 27.9 Å². The lowest BCUT2D eigenvalue weighted by molar-refractivity contribution is 0.113. The van der Waals surface area contributed by atoms with Crippen LogP contribution in [0.3, 0.4) is 0 Å². The second-order valence-corrected chi connectivity index (χ2v) is 22.0. The molecule has 1 aromatic heterocycles. The summed E-state index contributed by atoms with van der Waals surface area (Å²) in [6.45, 7) is 18.3. The van der Waals surface area contributed by atoms with Crippen molar-refractivity contribution in [2.45, 2.75) is 77.2 Å². The third kappa shape index (κ3) is 7.02. The molecule has 0 saturated carbocycles. The number of rotatable bonds is 8. The number of nitrogens with one attached hydrogen (secondary N) is 1. The number of aromatic amines is 1. The van der Waals surface area contributed by atoms with Gasteiger partial charge in [0.2, 0.25) is 0 Å². The van der Waals surface area contributed by atoms with Crippen LogP contribution in [0.5, 0.6) is 0 Å². The fraction of sp³-hybridized carbons (Fsp3) is 0.438. The molecule has 0 aliphatic heterocycles. The van der Waals surface area contributed by atoms with Crippen molar-refractivity contribution in [1.29, 1.82) is 0 Å². The summed E-state index contributed by atoms with van der Waals surface area (Å²) in [6, 6.07) is 21.1. The lowest BCUT2D eigenvalue weighted by Crippen LogP contribution is -2.67. The lowest BCUT2D eigenvalue weighted by atomic mass is 10.2. The molecule has 3 aromatic rings. The van der Waals surface area contributed by atoms with Crippen molar-refractivity contribution in [2.75, 3.05) is 6.61 Å². The largest absolute Gasteiger partial charge is 0.411 e. The second kappa shape index (κ2) is 12.3. The van der Waals surface area contributed by atoms with Gasteiger partial charge < -0.3 is 13.4 Å². The first-order valence-corrected chi connectivity index (χ1v) is 18.6. The molecule has 1 atom stereocenters. The average Bonchev–Trinajstić information content (AvgIpc) is 2.87. The summed E-state index contributed by atoms with van der Waals surface area (Å²) >= 11 is 0. The summed E-state index contributed by atoms with van der Waals surface area (Å²) in [4.78, 5) is 26.4. The molecular formula is C32H44N2O4Si2. The highest BCUT2D eigenvalue weighted by molar-refractivity contribution is 6.99. The van der Waals surface area contributed by atoms with Crippen molar-refractivity contribution in [3.8, 4) is 11.8 Å². The van der Waals surface area contributed by atoms with Crippen molar-refractivity contribution in [2.24, 2.45) is 7.05 Å². The molecule has 0 spiro atoms. The molecule has 2 aromatic carbocycles. The Kier molecular flexibility index (Phi) is 9.68. The smallest absolute Gasteiger partial charge is 0.328 e. The molecule has 1 heterocycles. The van der Waals surface area contributed by atoms with E-state index in [4.69, 9.17) is 8.85 Å². The highest BCUT2D eigenvalue weighted by Gasteiger charge is 2.50. The minimum Gasteiger partial charge on any atom is -0.411 e. The SMILES string of the molecule is Cn1cc(C#CC[C@@H](CO[Si](c2ccccc2)(c2ccccc2)C(C)(C)C)O[Si](C)(C)C(C)(C)C)c(=O)[nH]c1=O. The van der Waals surface area contributed by atoms with Crippen molar-refractivity contribution < 1.29 is 8.85 Å². The Morgan fingerprint density at radius 1 is 0.875 bits per heavy atom. The highest BCUT2D eigenvalue weighted by atomic mass is 28.4. The molecule has 0 saturated heterocycles. The maximum Gasteiger partial charge on any atom is 0.328 e. The lowest BCUT2D eigenvalue weighted by Gasteiger charge is -2.45. The molecule has 0 unspecified atom stereocenters. The van der Waals surface area contributed by atoms with Gasteiger partial charge >= 0.3 is 5.69 Å². The van der Waals surface area contributed by atoms with Crippen molar-refractivity contribution in [3.05, 3.63) is 93.3 Å². The van der Waals surface area contributed by atoms with E-state index in [1.54, 1.807) is 7.05 Å². The molecule has 1 N–H and O–H groups in total. The molecule has 0 fully saturated rings. The normalized spacial score (nSPS) is 13.4. The predicted octanol–water partition coefficient (Wildman–Crippen LogP) is 4.78. The van der Waals surface area contributed by atoms with E-state index in [1.807, 2.05) is 12.1 Å². The molecule has 8 heteroatoms. The number of nitrogens with zero attached hydrogens (tertiary/aromatic N) is 1. The molecule has 214 valence electrons. The summed E-state index contributed by atoms with van der Waals surface area (Å²) in [5.41, 5.74) is -0.699. The summed E-state index contributed by atoms with van der Waals surface area (Å²) < 4.78 is 15.4. The van der Waals surface area contributed by atoms with E-state index >= 15 is 0 Å². The van der Waals surface area contributed by atoms with Gasteiger partial charge in [-0.15, -0.1) is 0 Å². The monoisotopic (exact) mass is 576 g/mol. The van der Waals surface area contributed by atoms with Crippen LogP contribution < -0.4 is 21.6 Å². The predicted molar refractivity (Wildman–Crippen MR) is 169 cm³/mol. The third-order valence-corrected chi connectivity index (χ3v) is 17.4. The Morgan fingerprint density at radius 3 is 1.88 bits per heavy atom. The summed E-state index contributed by atoms with van der Waals surface area (Å²) in [5, 5.41) is 2.26. The Balaban J connectivity index is 2.04. The molecule has 0 aliphatic rings. The molecule has 40 heavy (non-hydrogen) atoms. The number of hydrogen-bond donors (Lipinski definition) is 1. The van der Waals surface area contributed by atoms with Crippen LogP contribution in [-0.4, -0.2) is 38.9 Å². The fourth-order valence-corrected chi connectivity index (χ4v) is 10.5. The molecule has 0 amide bonds. The molecule has 0 bridgehead atoms. The van der Waals surface area contributed by atoms with Crippen LogP contribution in [0.15, 0.2) is 76.4 Å². The van der Waals surface area contributed by atoms with Gasteiger partial charge in [-0.25, -0.2) is 4.79 Å². The zero-order valence-electron chi connectivity index (χ0n) is 25.4. The Hall–Kier alpha value is -2.97. The third-order valence-electron chi connectivity index (χ3n) is 7.83. The van der Waals surface area contributed by atoms with Crippen LogP contribution >= 0.6 is 0 Å². The van der Waals surface area contributed by atoms with Gasteiger partial charge in [0, 0.05) is 19.7 Å². The van der Waals surface area contributed by atoms with Crippen LogP contribution in [0, 0.1) is 11.8 Å². The first kappa shape index (κ1) is 31.6. The van der Waals surface area contributed by atoms with Gasteiger partial charge in [0.1, 0.15) is 5.56 Å². The van der Waals surface area contributed by atoms with E-state index in [9.17, 15) is 9.59 Å². The van der Waals surface area contributed by atoms with E-state index in [0.29, 0.717) is 13.0 Å². The first-order chi connectivity index (χ1) is 18.6. The highest BCUT2D eigenvalue weighted by Crippen LogP contribution is 2.39. The van der Waals surface area contributed by atoms with Gasteiger partial charge in [-0.2, -0.15) is 0 Å². The van der Waals surface area contributed by atoms with Gasteiger partial charge in [-0.05, 0) is 33.5 Å². The van der Waals surface area contributed by atoms with Crippen molar-refractivity contribution >= 4 is 27.0 Å². The molecule has 0 aliphatic carbocycles. The fourth-order valence-electron chi connectivity index (χ4n) is 4.62. The van der Waals surface area contributed by atoms with Crippen LogP contribution in [0.1, 0.15) is 53.5 Å². The second-order valence-electron chi connectivity index (χ2n) is 12.9. The number of H-pyrrole nitrogens is 1. The minimum absolute atomic E-state index is 0.00490. The Bertz CT molecular complexity index is 1420. The molecular weight excluding hydrogens is 533 g/mol. The van der Waals surface area contributed by atoms with Gasteiger partial charge in [0.05, 0.1) is 12.7 Å². The Labute approximate surface area is 241 Å². The number of hydrogen-bond acceptors (Lipinski definition) is 4. The summed E-state index contributed by atoms with van der Waals surface area (Å²) in [6.07, 6.45) is 1.57. The van der Waals surface area contributed by atoms with E-state index in [0.717, 1.165) is 0 Å². The van der Waals surface area contributed by atoms with Gasteiger partial charge in [0.15, 0.2) is 8.32 Å². The van der Waals surface area contributed by atoms with Crippen molar-refractivity contribution in [1.82, 2.24) is 9.55 Å². The molecule has 3 rings (SSSR count). The minimum atomic E-state index is -2.77. The van der Waals surface area contributed by atoms with E-state index in [-0.39, 0.29) is 21.7 Å². The number of aromatic nitrogens is 2. The maximum absolute atomic E-state index is 12.3. The zero-order valence-corrected chi connectivity index (χ0v) is 27.4. The standard InChI is InChI=1S/C32H44N2O4Si2/c1-31(2,3)39(8,9)38-26(18-16-17-25-23-34(7)30(36)33-29(25)35)24-37-40(32(4,5)6,27-19-12-10-13-20-27)28-21-14-11-15-22-28/h10-15,19-23,26H,18,24H2,1-9H3,(H,33,35,36)/t26-/m0/s1. The maximum atomic E-state index is 12.3. The van der Waals surface area contributed by atoms with Crippen LogP contribution in [0.2, 0.25) is 23.2 Å². The summed E-state index contributed by atoms with van der Waals surface area (Å²) in [7, 11) is -3.35. The van der Waals surface area contributed by atoms with Gasteiger partial charge in [0.25, 0.3) is 13.9 Å². The van der Waals surface area contributed by atoms with Crippen molar-refractivity contribution in [3.63, 3.8) is 0 Å². The van der Waals surface area contributed by atoms with E-state index in [2.05, 4.69) is 120 Å².